The average molecular weight is 235 g/mol. The summed E-state index contributed by atoms with van der Waals surface area (Å²) >= 11 is 0. The van der Waals surface area contributed by atoms with Gasteiger partial charge in [0.1, 0.15) is 0 Å². The fourth-order valence-corrected chi connectivity index (χ4v) is 2.37. The number of unbranched alkanes of at least 4 members (excludes halogenated alkanes) is 9. The number of aliphatic imine (C=N–C) groups is 1. The molecule has 1 heterocycles. The molecular weight excluding hydrogens is 206 g/mol. The Morgan fingerprint density at radius 1 is 0.882 bits per heavy atom. The molecule has 0 aromatic carbocycles. The second kappa shape index (κ2) is 10.6. The van der Waals surface area contributed by atoms with Crippen LogP contribution in [0.4, 0.5) is 0 Å². The summed E-state index contributed by atoms with van der Waals surface area (Å²) in [5.41, 5.74) is 1.32. The summed E-state index contributed by atoms with van der Waals surface area (Å²) < 4.78 is 0. The van der Waals surface area contributed by atoms with Gasteiger partial charge in [0.2, 0.25) is 0 Å². The van der Waals surface area contributed by atoms with E-state index < -0.39 is 0 Å². The fraction of sp³-hybridized carbons (Fsp3) is 0.812. The third-order valence-corrected chi connectivity index (χ3v) is 3.50. The van der Waals surface area contributed by atoms with Gasteiger partial charge in [0, 0.05) is 5.71 Å². The quantitative estimate of drug-likeness (QED) is 0.430. The van der Waals surface area contributed by atoms with Crippen LogP contribution in [0, 0.1) is 0 Å². The Morgan fingerprint density at radius 2 is 1.47 bits per heavy atom. The first-order valence-electron chi connectivity index (χ1n) is 7.63. The minimum Gasteiger partial charge on any atom is -0.286 e. The highest BCUT2D eigenvalue weighted by Gasteiger charge is 1.99. The van der Waals surface area contributed by atoms with Crippen LogP contribution in [0.5, 0.6) is 0 Å². The molecule has 0 saturated heterocycles. The van der Waals surface area contributed by atoms with Crippen molar-refractivity contribution in [3.63, 3.8) is 0 Å². The summed E-state index contributed by atoms with van der Waals surface area (Å²) in [7, 11) is 0. The molecule has 0 saturated carbocycles. The van der Waals surface area contributed by atoms with Gasteiger partial charge < -0.3 is 0 Å². The van der Waals surface area contributed by atoms with Gasteiger partial charge >= 0.3 is 0 Å². The van der Waals surface area contributed by atoms with E-state index in [1.165, 1.54) is 76.3 Å². The number of rotatable bonds is 11. The number of hydrogen-bond acceptors (Lipinski definition) is 1. The highest BCUT2D eigenvalue weighted by atomic mass is 14.7. The van der Waals surface area contributed by atoms with Gasteiger partial charge in [0.25, 0.3) is 0 Å². The SMILES string of the molecule is CCCCCCCCCCCCC1=NCC=C1. The normalized spacial score (nSPS) is 14.3. The van der Waals surface area contributed by atoms with E-state index in [9.17, 15) is 0 Å². The van der Waals surface area contributed by atoms with Crippen LogP contribution in [0.2, 0.25) is 0 Å². The van der Waals surface area contributed by atoms with Crippen LogP contribution in [-0.2, 0) is 0 Å². The maximum Gasteiger partial charge on any atom is 0.0577 e. The first-order chi connectivity index (χ1) is 8.43. The van der Waals surface area contributed by atoms with Crippen LogP contribution in [0.3, 0.4) is 0 Å². The molecule has 0 aromatic heterocycles. The van der Waals surface area contributed by atoms with Crippen molar-refractivity contribution in [2.75, 3.05) is 6.54 Å². The molecule has 98 valence electrons. The molecule has 0 N–H and O–H groups in total. The molecule has 17 heavy (non-hydrogen) atoms. The molecule has 1 heteroatoms. The van der Waals surface area contributed by atoms with Crippen molar-refractivity contribution >= 4 is 5.71 Å². The molecule has 1 aliphatic rings. The van der Waals surface area contributed by atoms with E-state index in [0.29, 0.717) is 0 Å². The predicted octanol–water partition coefficient (Wildman–Crippen LogP) is 5.31. The zero-order valence-electron chi connectivity index (χ0n) is 11.6. The Kier molecular flexibility index (Phi) is 8.99. The van der Waals surface area contributed by atoms with E-state index in [1.807, 2.05) is 0 Å². The maximum absolute atomic E-state index is 4.42. The zero-order chi connectivity index (χ0) is 12.2. The maximum atomic E-state index is 4.42. The topological polar surface area (TPSA) is 12.4 Å². The Morgan fingerprint density at radius 3 is 2.00 bits per heavy atom. The highest BCUT2D eigenvalue weighted by Crippen LogP contribution is 2.12. The molecule has 0 fully saturated rings. The van der Waals surface area contributed by atoms with Gasteiger partial charge in [0.15, 0.2) is 0 Å². The summed E-state index contributed by atoms with van der Waals surface area (Å²) in [6.45, 7) is 3.21. The molecule has 0 amide bonds. The van der Waals surface area contributed by atoms with Crippen LogP contribution in [0.15, 0.2) is 17.1 Å². The van der Waals surface area contributed by atoms with E-state index in [0.717, 1.165) is 6.54 Å². The second-order valence-corrected chi connectivity index (χ2v) is 5.17. The van der Waals surface area contributed by atoms with E-state index in [2.05, 4.69) is 24.1 Å². The minimum absolute atomic E-state index is 0.924. The largest absolute Gasteiger partial charge is 0.286 e. The Labute approximate surface area is 107 Å². The smallest absolute Gasteiger partial charge is 0.0577 e. The van der Waals surface area contributed by atoms with Crippen molar-refractivity contribution in [1.29, 1.82) is 0 Å². The lowest BCUT2D eigenvalue weighted by atomic mass is 10.0. The lowest BCUT2D eigenvalue weighted by Gasteiger charge is -2.02. The number of hydrogen-bond donors (Lipinski definition) is 0. The van der Waals surface area contributed by atoms with Crippen molar-refractivity contribution in [3.05, 3.63) is 12.2 Å². The van der Waals surface area contributed by atoms with Crippen molar-refractivity contribution in [1.82, 2.24) is 0 Å². The molecule has 1 nitrogen and oxygen atoms in total. The molecule has 0 bridgehead atoms. The lowest BCUT2D eigenvalue weighted by molar-refractivity contribution is 0.559. The summed E-state index contributed by atoms with van der Waals surface area (Å²) in [6.07, 6.45) is 19.7. The molecule has 0 atom stereocenters. The van der Waals surface area contributed by atoms with Gasteiger partial charge in [-0.05, 0) is 18.9 Å². The van der Waals surface area contributed by atoms with Gasteiger partial charge in [-0.2, -0.15) is 0 Å². The second-order valence-electron chi connectivity index (χ2n) is 5.17. The molecule has 0 radical (unpaired) electrons. The molecule has 1 rings (SSSR count). The zero-order valence-corrected chi connectivity index (χ0v) is 11.6. The van der Waals surface area contributed by atoms with Gasteiger partial charge in [0.05, 0.1) is 6.54 Å². The first kappa shape index (κ1) is 14.5. The lowest BCUT2D eigenvalue weighted by Crippen LogP contribution is -1.90. The monoisotopic (exact) mass is 235 g/mol. The van der Waals surface area contributed by atoms with Crippen molar-refractivity contribution in [2.24, 2.45) is 4.99 Å². The number of allylic oxidation sites excluding steroid dienone is 1. The molecule has 0 spiro atoms. The Balaban J connectivity index is 1.74. The molecule has 0 unspecified atom stereocenters. The third kappa shape index (κ3) is 8.18. The van der Waals surface area contributed by atoms with E-state index >= 15 is 0 Å². The van der Waals surface area contributed by atoms with Gasteiger partial charge in [-0.25, -0.2) is 0 Å². The third-order valence-electron chi connectivity index (χ3n) is 3.50. The fourth-order valence-electron chi connectivity index (χ4n) is 2.37. The van der Waals surface area contributed by atoms with Crippen molar-refractivity contribution in [3.8, 4) is 0 Å². The summed E-state index contributed by atoms with van der Waals surface area (Å²) in [5, 5.41) is 0. The Hall–Kier alpha value is -0.590. The molecule has 0 aromatic rings. The van der Waals surface area contributed by atoms with E-state index in [-0.39, 0.29) is 0 Å². The van der Waals surface area contributed by atoms with Gasteiger partial charge in [-0.3, -0.25) is 4.99 Å². The van der Waals surface area contributed by atoms with Crippen LogP contribution in [-0.4, -0.2) is 12.3 Å². The highest BCUT2D eigenvalue weighted by molar-refractivity contribution is 5.96. The molecule has 1 aliphatic heterocycles. The Bertz CT molecular complexity index is 228. The standard InChI is InChI=1S/C16H29N/c1-2-3-4-5-6-7-8-9-10-11-13-16-14-12-15-17-16/h12,14H,2-11,13,15H2,1H3. The van der Waals surface area contributed by atoms with Crippen LogP contribution >= 0.6 is 0 Å². The average Bonchev–Trinajstić information content (AvgIpc) is 2.85. The van der Waals surface area contributed by atoms with Crippen molar-refractivity contribution in [2.45, 2.75) is 77.6 Å². The van der Waals surface area contributed by atoms with E-state index in [4.69, 9.17) is 0 Å². The van der Waals surface area contributed by atoms with Crippen LogP contribution in [0.25, 0.3) is 0 Å². The van der Waals surface area contributed by atoms with Gasteiger partial charge in [-0.15, -0.1) is 0 Å². The summed E-state index contributed by atoms with van der Waals surface area (Å²) in [6, 6.07) is 0. The summed E-state index contributed by atoms with van der Waals surface area (Å²) in [5.74, 6) is 0. The minimum atomic E-state index is 0.924. The first-order valence-corrected chi connectivity index (χ1v) is 7.63. The van der Waals surface area contributed by atoms with Gasteiger partial charge in [-0.1, -0.05) is 70.8 Å². The molecular formula is C16H29N. The number of nitrogens with zero attached hydrogens (tertiary/aromatic N) is 1. The predicted molar refractivity (Wildman–Crippen MR) is 77.9 cm³/mol. The molecule has 0 aliphatic carbocycles. The van der Waals surface area contributed by atoms with Crippen LogP contribution < -0.4 is 0 Å². The van der Waals surface area contributed by atoms with Crippen molar-refractivity contribution < 1.29 is 0 Å². The summed E-state index contributed by atoms with van der Waals surface area (Å²) in [4.78, 5) is 4.42. The van der Waals surface area contributed by atoms with E-state index in [1.54, 1.807) is 0 Å². The van der Waals surface area contributed by atoms with Crippen LogP contribution in [0.1, 0.15) is 77.6 Å².